The van der Waals surface area contributed by atoms with Crippen LogP contribution in [-0.4, -0.2) is 51.0 Å². The summed E-state index contributed by atoms with van der Waals surface area (Å²) in [5.74, 6) is 0. The van der Waals surface area contributed by atoms with Crippen LogP contribution >= 0.6 is 11.6 Å². The van der Waals surface area contributed by atoms with Crippen molar-refractivity contribution in [2.75, 3.05) is 13.7 Å². The van der Waals surface area contributed by atoms with Crippen LogP contribution in [0.3, 0.4) is 0 Å². The molecule has 2 heterocycles. The molecular weight excluding hydrogens is 464 g/mol. The van der Waals surface area contributed by atoms with Gasteiger partial charge >= 0.3 is 0 Å². The Morgan fingerprint density at radius 3 is 2.57 bits per heavy atom. The van der Waals surface area contributed by atoms with Crippen LogP contribution in [0.4, 0.5) is 0 Å². The molecule has 3 atom stereocenters. The minimum absolute atomic E-state index is 0.0913. The van der Waals surface area contributed by atoms with Crippen LogP contribution in [0, 0.1) is 0 Å². The number of aliphatic hydroxyl groups excluding tert-OH is 3. The lowest BCUT2D eigenvalue weighted by molar-refractivity contribution is -0.113. The lowest BCUT2D eigenvalue weighted by atomic mass is 9.94. The van der Waals surface area contributed by atoms with E-state index in [2.05, 4.69) is 41.5 Å². The number of nitrogens with zero attached hydrogens (tertiary/aromatic N) is 2. The fourth-order valence-corrected chi connectivity index (χ4v) is 4.79. The zero-order valence-electron chi connectivity index (χ0n) is 19.7. The Morgan fingerprint density at radius 1 is 1.00 bits per heavy atom. The molecule has 184 valence electrons. The van der Waals surface area contributed by atoms with Gasteiger partial charge in [0.05, 0.1) is 43.2 Å². The zero-order chi connectivity index (χ0) is 24.8. The maximum Gasteiger partial charge on any atom is 0.0854 e. The van der Waals surface area contributed by atoms with Crippen molar-refractivity contribution in [3.63, 3.8) is 0 Å². The summed E-state index contributed by atoms with van der Waals surface area (Å²) in [6.45, 7) is 0.644. The summed E-state index contributed by atoms with van der Waals surface area (Å²) in [4.78, 5) is 0. The standard InChI is InChI=1S/C27H27ClN2O3.CH4O/c28-25-8-7-20(27-14-23(32)13-24(17-31)33-27)12-21(25)10-19-6-9-26-22(11-19)15-29-30(26)16-18-4-2-1-3-5-18;1-2/h1-9,11-12,15,23-24,27,31-32H,10,13-14,16-17H2;2H,1H3. The van der Waals surface area contributed by atoms with Crippen molar-refractivity contribution in [2.24, 2.45) is 0 Å². The molecule has 7 heteroatoms. The van der Waals surface area contributed by atoms with E-state index < -0.39 is 6.10 Å². The summed E-state index contributed by atoms with van der Waals surface area (Å²) in [6.07, 6.45) is 2.51. The van der Waals surface area contributed by atoms with Crippen LogP contribution in [0.5, 0.6) is 0 Å². The fraction of sp³-hybridized carbons (Fsp3) is 0.321. The van der Waals surface area contributed by atoms with E-state index in [9.17, 15) is 10.2 Å². The lowest BCUT2D eigenvalue weighted by Crippen LogP contribution is -2.33. The molecule has 1 saturated heterocycles. The smallest absolute Gasteiger partial charge is 0.0854 e. The van der Waals surface area contributed by atoms with Crippen molar-refractivity contribution < 1.29 is 20.1 Å². The SMILES string of the molecule is CO.OCC1CC(O)CC(c2ccc(Cl)c(Cc3ccc4c(cnn4Cc4ccccc4)c3)c2)O1. The highest BCUT2D eigenvalue weighted by Gasteiger charge is 2.29. The molecule has 6 nitrogen and oxygen atoms in total. The number of fused-ring (bicyclic) bond motifs is 1. The zero-order valence-corrected chi connectivity index (χ0v) is 20.5. The van der Waals surface area contributed by atoms with Gasteiger partial charge in [0.2, 0.25) is 0 Å². The third-order valence-corrected chi connectivity index (χ3v) is 6.67. The largest absolute Gasteiger partial charge is 0.400 e. The normalized spacial score (nSPS) is 19.9. The van der Waals surface area contributed by atoms with E-state index in [1.807, 2.05) is 41.2 Å². The van der Waals surface area contributed by atoms with Crippen molar-refractivity contribution in [3.8, 4) is 0 Å². The summed E-state index contributed by atoms with van der Waals surface area (Å²) in [5.41, 5.74) is 5.45. The first-order valence-corrected chi connectivity index (χ1v) is 12.1. The number of aliphatic hydroxyl groups is 3. The quantitative estimate of drug-likeness (QED) is 0.367. The molecule has 4 aromatic rings. The number of aromatic nitrogens is 2. The molecule has 0 amide bonds. The summed E-state index contributed by atoms with van der Waals surface area (Å²) in [7, 11) is 1.00. The Labute approximate surface area is 210 Å². The van der Waals surface area contributed by atoms with Gasteiger partial charge in [-0.15, -0.1) is 0 Å². The lowest BCUT2D eigenvalue weighted by Gasteiger charge is -2.32. The second-order valence-corrected chi connectivity index (χ2v) is 9.17. The molecule has 0 spiro atoms. The third kappa shape index (κ3) is 6.10. The highest BCUT2D eigenvalue weighted by atomic mass is 35.5. The van der Waals surface area contributed by atoms with Crippen molar-refractivity contribution in [2.45, 2.75) is 44.1 Å². The average molecular weight is 495 g/mol. The molecule has 1 fully saturated rings. The van der Waals surface area contributed by atoms with Gasteiger partial charge in [-0.1, -0.05) is 60.1 Å². The first-order chi connectivity index (χ1) is 17.1. The van der Waals surface area contributed by atoms with E-state index in [-0.39, 0.29) is 18.8 Å². The van der Waals surface area contributed by atoms with Gasteiger partial charge < -0.3 is 20.1 Å². The van der Waals surface area contributed by atoms with Crippen LogP contribution in [-0.2, 0) is 17.7 Å². The van der Waals surface area contributed by atoms with Crippen molar-refractivity contribution in [1.82, 2.24) is 9.78 Å². The third-order valence-electron chi connectivity index (χ3n) is 6.30. The van der Waals surface area contributed by atoms with Gasteiger partial charge in [-0.2, -0.15) is 5.10 Å². The van der Waals surface area contributed by atoms with Crippen LogP contribution in [0.25, 0.3) is 10.9 Å². The molecule has 0 bridgehead atoms. The number of benzene rings is 3. The highest BCUT2D eigenvalue weighted by Crippen LogP contribution is 2.34. The van der Waals surface area contributed by atoms with Crippen LogP contribution < -0.4 is 0 Å². The topological polar surface area (TPSA) is 87.7 Å². The molecule has 0 radical (unpaired) electrons. The van der Waals surface area contributed by atoms with Crippen LogP contribution in [0.2, 0.25) is 5.02 Å². The Kier molecular flexibility index (Phi) is 8.55. The molecule has 35 heavy (non-hydrogen) atoms. The van der Waals surface area contributed by atoms with Gasteiger partial charge in [0.15, 0.2) is 0 Å². The average Bonchev–Trinajstić information content (AvgIpc) is 3.28. The second-order valence-electron chi connectivity index (χ2n) is 8.76. The predicted molar refractivity (Wildman–Crippen MR) is 138 cm³/mol. The molecule has 1 aromatic heterocycles. The number of ether oxygens (including phenoxy) is 1. The van der Waals surface area contributed by atoms with E-state index in [4.69, 9.17) is 21.4 Å². The number of hydrogen-bond acceptors (Lipinski definition) is 5. The maximum absolute atomic E-state index is 10.2. The minimum Gasteiger partial charge on any atom is -0.400 e. The van der Waals surface area contributed by atoms with Crippen molar-refractivity contribution in [3.05, 3.63) is 100 Å². The Morgan fingerprint density at radius 2 is 1.80 bits per heavy atom. The molecule has 3 N–H and O–H groups in total. The van der Waals surface area contributed by atoms with Gasteiger partial charge in [0.1, 0.15) is 0 Å². The Balaban J connectivity index is 0.00000141. The minimum atomic E-state index is -0.477. The molecule has 5 rings (SSSR count). The summed E-state index contributed by atoms with van der Waals surface area (Å²) < 4.78 is 8.00. The second kappa shape index (κ2) is 11.8. The van der Waals surface area contributed by atoms with Crippen molar-refractivity contribution >= 4 is 22.5 Å². The van der Waals surface area contributed by atoms with Crippen LogP contribution in [0.1, 0.15) is 41.2 Å². The molecule has 1 aliphatic heterocycles. The van der Waals surface area contributed by atoms with E-state index in [1.54, 1.807) is 0 Å². The first kappa shape index (κ1) is 25.4. The molecule has 3 aromatic carbocycles. The predicted octanol–water partition coefficient (Wildman–Crippen LogP) is 4.51. The van der Waals surface area contributed by atoms with Crippen molar-refractivity contribution in [1.29, 1.82) is 0 Å². The van der Waals surface area contributed by atoms with Crippen LogP contribution in [0.15, 0.2) is 72.9 Å². The summed E-state index contributed by atoms with van der Waals surface area (Å²) in [5, 5.41) is 33.0. The van der Waals surface area contributed by atoms with Gasteiger partial charge in [-0.05, 0) is 46.9 Å². The monoisotopic (exact) mass is 494 g/mol. The van der Waals surface area contributed by atoms with Gasteiger partial charge in [-0.25, -0.2) is 0 Å². The van der Waals surface area contributed by atoms with Gasteiger partial charge in [-0.3, -0.25) is 4.68 Å². The molecule has 1 aliphatic rings. The summed E-state index contributed by atoms with van der Waals surface area (Å²) in [6, 6.07) is 22.6. The summed E-state index contributed by atoms with van der Waals surface area (Å²) >= 11 is 6.54. The van der Waals surface area contributed by atoms with Gasteiger partial charge in [0.25, 0.3) is 0 Å². The van der Waals surface area contributed by atoms with E-state index in [0.29, 0.717) is 24.3 Å². The Hall–Kier alpha value is -2.74. The van der Waals surface area contributed by atoms with E-state index in [1.165, 1.54) is 5.56 Å². The van der Waals surface area contributed by atoms with E-state index in [0.717, 1.165) is 41.2 Å². The number of hydrogen-bond donors (Lipinski definition) is 3. The maximum atomic E-state index is 10.2. The molecular formula is C28H31ClN2O4. The molecule has 0 aliphatic carbocycles. The fourth-order valence-electron chi connectivity index (χ4n) is 4.60. The first-order valence-electron chi connectivity index (χ1n) is 11.7. The molecule has 0 saturated carbocycles. The van der Waals surface area contributed by atoms with E-state index >= 15 is 0 Å². The number of rotatable bonds is 6. The van der Waals surface area contributed by atoms with Gasteiger partial charge in [0, 0.05) is 30.4 Å². The number of halogens is 1. The molecule has 3 unspecified atom stereocenters. The Bertz CT molecular complexity index is 1240. The highest BCUT2D eigenvalue weighted by molar-refractivity contribution is 6.31.